The van der Waals surface area contributed by atoms with Gasteiger partial charge in [0.2, 0.25) is 0 Å². The first-order valence-electron chi connectivity index (χ1n) is 5.43. The SMILES string of the molecule is Cc1ccc(C2=CC(F)=CCC2(C)F)cc1F. The topological polar surface area (TPSA) is 0 Å². The quantitative estimate of drug-likeness (QED) is 0.675. The normalized spacial score (nSPS) is 24.3. The van der Waals surface area contributed by atoms with Crippen LogP contribution in [0.25, 0.3) is 5.57 Å². The third-order valence-electron chi connectivity index (χ3n) is 3.01. The first-order chi connectivity index (χ1) is 7.90. The highest BCUT2D eigenvalue weighted by Gasteiger charge is 2.31. The second-order valence-electron chi connectivity index (χ2n) is 4.51. The minimum atomic E-state index is -1.66. The van der Waals surface area contributed by atoms with E-state index in [0.29, 0.717) is 11.1 Å². The van der Waals surface area contributed by atoms with E-state index in [0.717, 1.165) is 6.08 Å². The van der Waals surface area contributed by atoms with Crippen molar-refractivity contribution in [3.63, 3.8) is 0 Å². The number of allylic oxidation sites excluding steroid dienone is 4. The molecule has 1 aliphatic carbocycles. The van der Waals surface area contributed by atoms with Crippen LogP contribution in [-0.4, -0.2) is 5.67 Å². The van der Waals surface area contributed by atoms with Crippen LogP contribution in [0.1, 0.15) is 24.5 Å². The van der Waals surface area contributed by atoms with Crippen molar-refractivity contribution in [2.75, 3.05) is 0 Å². The van der Waals surface area contributed by atoms with E-state index in [1.54, 1.807) is 19.1 Å². The molecule has 0 N–H and O–H groups in total. The predicted molar refractivity (Wildman–Crippen MR) is 62.4 cm³/mol. The number of aryl methyl sites for hydroxylation is 1. The minimum Gasteiger partial charge on any atom is -0.239 e. The maximum Gasteiger partial charge on any atom is 0.137 e. The van der Waals surface area contributed by atoms with Crippen LogP contribution in [0.4, 0.5) is 13.2 Å². The first kappa shape index (κ1) is 12.0. The third-order valence-corrected chi connectivity index (χ3v) is 3.01. The summed E-state index contributed by atoms with van der Waals surface area (Å²) in [5.41, 5.74) is -0.587. The standard InChI is InChI=1S/C14H13F3/c1-9-3-4-10(7-13(9)16)12-8-11(15)5-6-14(12,2)17/h3-5,7-8H,6H2,1-2H3. The minimum absolute atomic E-state index is 0.0276. The fourth-order valence-corrected chi connectivity index (χ4v) is 1.89. The zero-order valence-electron chi connectivity index (χ0n) is 9.73. The summed E-state index contributed by atoms with van der Waals surface area (Å²) in [6, 6.07) is 4.43. The predicted octanol–water partition coefficient (Wildman–Crippen LogP) is 4.50. The summed E-state index contributed by atoms with van der Waals surface area (Å²) in [5, 5.41) is 0. The lowest BCUT2D eigenvalue weighted by Crippen LogP contribution is -2.21. The van der Waals surface area contributed by atoms with Gasteiger partial charge in [-0.05, 0) is 48.8 Å². The molecule has 1 atom stereocenters. The number of benzene rings is 1. The average molecular weight is 238 g/mol. The molecular weight excluding hydrogens is 225 g/mol. The van der Waals surface area contributed by atoms with Crippen LogP contribution in [0.3, 0.4) is 0 Å². The summed E-state index contributed by atoms with van der Waals surface area (Å²) < 4.78 is 40.8. The van der Waals surface area contributed by atoms with Crippen LogP contribution in [-0.2, 0) is 0 Å². The van der Waals surface area contributed by atoms with Crippen molar-refractivity contribution >= 4 is 5.57 Å². The molecule has 0 heterocycles. The van der Waals surface area contributed by atoms with Crippen LogP contribution in [0.2, 0.25) is 0 Å². The number of alkyl halides is 1. The van der Waals surface area contributed by atoms with E-state index in [4.69, 9.17) is 0 Å². The van der Waals surface area contributed by atoms with E-state index in [9.17, 15) is 13.2 Å². The van der Waals surface area contributed by atoms with Crippen LogP contribution in [0.15, 0.2) is 36.2 Å². The largest absolute Gasteiger partial charge is 0.239 e. The van der Waals surface area contributed by atoms with Crippen molar-refractivity contribution in [3.05, 3.63) is 53.1 Å². The van der Waals surface area contributed by atoms with Crippen molar-refractivity contribution in [1.29, 1.82) is 0 Å². The van der Waals surface area contributed by atoms with Crippen LogP contribution >= 0.6 is 0 Å². The molecule has 0 amide bonds. The zero-order valence-corrected chi connectivity index (χ0v) is 9.73. The number of rotatable bonds is 1. The van der Waals surface area contributed by atoms with E-state index in [1.165, 1.54) is 19.1 Å². The zero-order chi connectivity index (χ0) is 12.6. The molecule has 1 aliphatic rings. The second-order valence-corrected chi connectivity index (χ2v) is 4.51. The molecule has 0 fully saturated rings. The van der Waals surface area contributed by atoms with Gasteiger partial charge in [0.1, 0.15) is 17.3 Å². The lowest BCUT2D eigenvalue weighted by atomic mass is 9.85. The van der Waals surface area contributed by atoms with E-state index >= 15 is 0 Å². The highest BCUT2D eigenvalue weighted by molar-refractivity contribution is 5.75. The average Bonchev–Trinajstić information content (AvgIpc) is 2.26. The van der Waals surface area contributed by atoms with Gasteiger partial charge in [0.15, 0.2) is 0 Å². The lowest BCUT2D eigenvalue weighted by Gasteiger charge is -2.26. The van der Waals surface area contributed by atoms with Crippen LogP contribution < -0.4 is 0 Å². The van der Waals surface area contributed by atoms with Crippen LogP contribution in [0, 0.1) is 12.7 Å². The molecular formula is C14H13F3. The van der Waals surface area contributed by atoms with Gasteiger partial charge in [-0.1, -0.05) is 12.1 Å². The maximum absolute atomic E-state index is 14.2. The Morgan fingerprint density at radius 3 is 2.59 bits per heavy atom. The highest BCUT2D eigenvalue weighted by Crippen LogP contribution is 2.38. The Hall–Kier alpha value is -1.51. The van der Waals surface area contributed by atoms with Gasteiger partial charge in [0.25, 0.3) is 0 Å². The summed E-state index contributed by atoms with van der Waals surface area (Å²) in [4.78, 5) is 0. The molecule has 0 aromatic heterocycles. The Kier molecular flexibility index (Phi) is 2.86. The van der Waals surface area contributed by atoms with Crippen molar-refractivity contribution in [3.8, 4) is 0 Å². The van der Waals surface area contributed by atoms with E-state index < -0.39 is 17.3 Å². The summed E-state index contributed by atoms with van der Waals surface area (Å²) in [6.45, 7) is 3.00. The molecule has 0 aliphatic heterocycles. The molecule has 1 aromatic carbocycles. The Balaban J connectivity index is 2.51. The molecule has 0 bridgehead atoms. The van der Waals surface area contributed by atoms with E-state index in [-0.39, 0.29) is 12.0 Å². The molecule has 0 saturated carbocycles. The van der Waals surface area contributed by atoms with Crippen molar-refractivity contribution in [2.45, 2.75) is 25.9 Å². The fraction of sp³-hybridized carbons (Fsp3) is 0.286. The van der Waals surface area contributed by atoms with Gasteiger partial charge in [-0.15, -0.1) is 0 Å². The Bertz CT molecular complexity index is 510. The fourth-order valence-electron chi connectivity index (χ4n) is 1.89. The number of hydrogen-bond acceptors (Lipinski definition) is 0. The lowest BCUT2D eigenvalue weighted by molar-refractivity contribution is 0.270. The van der Waals surface area contributed by atoms with E-state index in [1.807, 2.05) is 0 Å². The molecule has 0 saturated heterocycles. The maximum atomic E-state index is 14.2. The smallest absolute Gasteiger partial charge is 0.137 e. The molecule has 0 nitrogen and oxygen atoms in total. The van der Waals surface area contributed by atoms with Crippen molar-refractivity contribution < 1.29 is 13.2 Å². The number of halogens is 3. The van der Waals surface area contributed by atoms with Gasteiger partial charge in [-0.3, -0.25) is 0 Å². The summed E-state index contributed by atoms with van der Waals surface area (Å²) in [6.07, 6.45) is 2.31. The van der Waals surface area contributed by atoms with Crippen LogP contribution in [0.5, 0.6) is 0 Å². The second kappa shape index (κ2) is 4.06. The Morgan fingerprint density at radius 1 is 1.24 bits per heavy atom. The van der Waals surface area contributed by atoms with Crippen molar-refractivity contribution in [1.82, 2.24) is 0 Å². The summed E-state index contributed by atoms with van der Waals surface area (Å²) in [7, 11) is 0. The monoisotopic (exact) mass is 238 g/mol. The number of hydrogen-bond donors (Lipinski definition) is 0. The molecule has 2 rings (SSSR count). The molecule has 90 valence electrons. The summed E-state index contributed by atoms with van der Waals surface area (Å²) >= 11 is 0. The van der Waals surface area contributed by atoms with Gasteiger partial charge in [-0.2, -0.15) is 0 Å². The Morgan fingerprint density at radius 2 is 1.94 bits per heavy atom. The van der Waals surface area contributed by atoms with Gasteiger partial charge < -0.3 is 0 Å². The molecule has 1 aromatic rings. The Labute approximate surface area is 98.5 Å². The molecule has 17 heavy (non-hydrogen) atoms. The summed E-state index contributed by atoms with van der Waals surface area (Å²) in [5.74, 6) is -0.884. The third kappa shape index (κ3) is 2.28. The first-order valence-corrected chi connectivity index (χ1v) is 5.43. The van der Waals surface area contributed by atoms with Gasteiger partial charge >= 0.3 is 0 Å². The molecule has 3 heteroatoms. The van der Waals surface area contributed by atoms with E-state index in [2.05, 4.69) is 0 Å². The molecule has 1 unspecified atom stereocenters. The van der Waals surface area contributed by atoms with Gasteiger partial charge in [0.05, 0.1) is 0 Å². The van der Waals surface area contributed by atoms with Crippen molar-refractivity contribution in [2.24, 2.45) is 0 Å². The molecule has 0 radical (unpaired) electrons. The molecule has 0 spiro atoms. The van der Waals surface area contributed by atoms with Gasteiger partial charge in [-0.25, -0.2) is 13.2 Å². The van der Waals surface area contributed by atoms with Gasteiger partial charge in [0, 0.05) is 6.42 Å². The highest BCUT2D eigenvalue weighted by atomic mass is 19.1.